The zero-order valence-electron chi connectivity index (χ0n) is 10.7. The van der Waals surface area contributed by atoms with Crippen LogP contribution in [0.5, 0.6) is 11.5 Å². The van der Waals surface area contributed by atoms with Gasteiger partial charge in [0.05, 0.1) is 13.7 Å². The van der Waals surface area contributed by atoms with Crippen molar-refractivity contribution in [1.82, 2.24) is 0 Å². The van der Waals surface area contributed by atoms with Crippen LogP contribution in [0.1, 0.15) is 37.0 Å². The van der Waals surface area contributed by atoms with Crippen molar-refractivity contribution in [3.8, 4) is 11.5 Å². The first kappa shape index (κ1) is 13.6. The van der Waals surface area contributed by atoms with Gasteiger partial charge in [0.2, 0.25) is 0 Å². The Kier molecular flexibility index (Phi) is 5.53. The van der Waals surface area contributed by atoms with Crippen LogP contribution in [0.3, 0.4) is 0 Å². The van der Waals surface area contributed by atoms with Crippen LogP contribution in [0.25, 0.3) is 0 Å². The molecule has 0 aliphatic heterocycles. The third-order valence-corrected chi connectivity index (χ3v) is 2.63. The molecule has 94 valence electrons. The molecule has 0 aliphatic carbocycles. The van der Waals surface area contributed by atoms with Crippen molar-refractivity contribution < 1.29 is 14.3 Å². The van der Waals surface area contributed by atoms with Gasteiger partial charge < -0.3 is 9.47 Å². The summed E-state index contributed by atoms with van der Waals surface area (Å²) < 4.78 is 10.9. The Balaban J connectivity index is 2.67. The normalized spacial score (nSPS) is 11.9. The van der Waals surface area contributed by atoms with E-state index in [0.29, 0.717) is 29.6 Å². The van der Waals surface area contributed by atoms with Crippen LogP contribution in [0, 0.1) is 5.92 Å². The minimum Gasteiger partial charge on any atom is -0.493 e. The largest absolute Gasteiger partial charge is 0.493 e. The number of carbonyl (C=O) groups excluding carboxylic acids is 1. The van der Waals surface area contributed by atoms with E-state index in [2.05, 4.69) is 13.8 Å². The van der Waals surface area contributed by atoms with Gasteiger partial charge in [0.15, 0.2) is 11.5 Å². The molecule has 0 aromatic heterocycles. The number of carbonyl (C=O) groups is 1. The molecule has 17 heavy (non-hydrogen) atoms. The molecule has 0 bridgehead atoms. The number of methoxy groups -OCH3 is 1. The molecular formula is C14H20O3. The summed E-state index contributed by atoms with van der Waals surface area (Å²) in [6, 6.07) is 5.20. The van der Waals surface area contributed by atoms with Crippen molar-refractivity contribution in [3.63, 3.8) is 0 Å². The van der Waals surface area contributed by atoms with E-state index in [1.165, 1.54) is 0 Å². The average Bonchev–Trinajstić information content (AvgIpc) is 2.36. The second-order valence-electron chi connectivity index (χ2n) is 4.23. The lowest BCUT2D eigenvalue weighted by molar-refractivity contribution is 0.112. The lowest BCUT2D eigenvalue weighted by atomic mass is 10.1. The molecule has 0 radical (unpaired) electrons. The summed E-state index contributed by atoms with van der Waals surface area (Å²) in [5, 5.41) is 0. The predicted molar refractivity (Wildman–Crippen MR) is 67.9 cm³/mol. The summed E-state index contributed by atoms with van der Waals surface area (Å²) in [4.78, 5) is 10.6. The number of rotatable bonds is 7. The summed E-state index contributed by atoms with van der Waals surface area (Å²) >= 11 is 0. The highest BCUT2D eigenvalue weighted by molar-refractivity contribution is 5.76. The standard InChI is InChI=1S/C14H20O3/c1-4-5-11(2)10-17-13-7-6-12(9-15)8-14(13)16-3/h6-9,11H,4-5,10H2,1-3H3. The first-order chi connectivity index (χ1) is 8.21. The Morgan fingerprint density at radius 3 is 2.71 bits per heavy atom. The van der Waals surface area contributed by atoms with E-state index in [-0.39, 0.29) is 0 Å². The van der Waals surface area contributed by atoms with Crippen LogP contribution in [-0.4, -0.2) is 20.0 Å². The number of ether oxygens (including phenoxy) is 2. The van der Waals surface area contributed by atoms with E-state index in [1.807, 2.05) is 0 Å². The monoisotopic (exact) mass is 236 g/mol. The minimum absolute atomic E-state index is 0.524. The van der Waals surface area contributed by atoms with E-state index in [0.717, 1.165) is 19.1 Å². The van der Waals surface area contributed by atoms with E-state index in [4.69, 9.17) is 9.47 Å². The lowest BCUT2D eigenvalue weighted by Gasteiger charge is -2.14. The van der Waals surface area contributed by atoms with E-state index in [9.17, 15) is 4.79 Å². The fourth-order valence-electron chi connectivity index (χ4n) is 1.68. The van der Waals surface area contributed by atoms with Crippen molar-refractivity contribution in [3.05, 3.63) is 23.8 Å². The SMILES string of the molecule is CCCC(C)COc1ccc(C=O)cc1OC. The lowest BCUT2D eigenvalue weighted by Crippen LogP contribution is -2.08. The molecule has 0 saturated carbocycles. The summed E-state index contributed by atoms with van der Waals surface area (Å²) in [6.45, 7) is 5.00. The molecule has 0 amide bonds. The molecular weight excluding hydrogens is 216 g/mol. The molecule has 0 aliphatic rings. The van der Waals surface area contributed by atoms with Crippen molar-refractivity contribution >= 4 is 6.29 Å². The van der Waals surface area contributed by atoms with Gasteiger partial charge in [0.25, 0.3) is 0 Å². The Hall–Kier alpha value is -1.51. The van der Waals surface area contributed by atoms with Gasteiger partial charge in [-0.1, -0.05) is 20.3 Å². The average molecular weight is 236 g/mol. The Bertz CT molecular complexity index is 360. The molecule has 1 aromatic rings. The van der Waals surface area contributed by atoms with Crippen molar-refractivity contribution in [2.75, 3.05) is 13.7 Å². The van der Waals surface area contributed by atoms with Gasteiger partial charge in [-0.2, -0.15) is 0 Å². The molecule has 0 spiro atoms. The predicted octanol–water partition coefficient (Wildman–Crippen LogP) is 3.32. The van der Waals surface area contributed by atoms with Gasteiger partial charge in [0.1, 0.15) is 6.29 Å². The van der Waals surface area contributed by atoms with Crippen LogP contribution in [0.2, 0.25) is 0 Å². The smallest absolute Gasteiger partial charge is 0.161 e. The maximum atomic E-state index is 10.6. The molecule has 1 aromatic carbocycles. The molecule has 1 rings (SSSR count). The Morgan fingerprint density at radius 1 is 1.35 bits per heavy atom. The molecule has 0 saturated heterocycles. The molecule has 1 unspecified atom stereocenters. The maximum Gasteiger partial charge on any atom is 0.161 e. The summed E-state index contributed by atoms with van der Waals surface area (Å²) in [5.74, 6) is 1.83. The zero-order chi connectivity index (χ0) is 12.7. The summed E-state index contributed by atoms with van der Waals surface area (Å²) in [5.41, 5.74) is 0.593. The topological polar surface area (TPSA) is 35.5 Å². The second kappa shape index (κ2) is 6.94. The van der Waals surface area contributed by atoms with E-state index < -0.39 is 0 Å². The summed E-state index contributed by atoms with van der Waals surface area (Å²) in [6.07, 6.45) is 3.10. The third kappa shape index (κ3) is 4.10. The number of hydrogen-bond acceptors (Lipinski definition) is 3. The number of benzene rings is 1. The second-order valence-corrected chi connectivity index (χ2v) is 4.23. The fraction of sp³-hybridized carbons (Fsp3) is 0.500. The van der Waals surface area contributed by atoms with Gasteiger partial charge >= 0.3 is 0 Å². The van der Waals surface area contributed by atoms with Crippen molar-refractivity contribution in [2.45, 2.75) is 26.7 Å². The van der Waals surface area contributed by atoms with Gasteiger partial charge in [-0.3, -0.25) is 4.79 Å². The van der Waals surface area contributed by atoms with E-state index >= 15 is 0 Å². The molecule has 1 atom stereocenters. The molecule has 3 heteroatoms. The van der Waals surface area contributed by atoms with Gasteiger partial charge in [-0.15, -0.1) is 0 Å². The van der Waals surface area contributed by atoms with E-state index in [1.54, 1.807) is 25.3 Å². The Morgan fingerprint density at radius 2 is 2.12 bits per heavy atom. The highest BCUT2D eigenvalue weighted by atomic mass is 16.5. The van der Waals surface area contributed by atoms with Gasteiger partial charge in [-0.05, 0) is 30.5 Å². The van der Waals surface area contributed by atoms with Crippen LogP contribution in [0.15, 0.2) is 18.2 Å². The van der Waals surface area contributed by atoms with Crippen LogP contribution < -0.4 is 9.47 Å². The summed E-state index contributed by atoms with van der Waals surface area (Å²) in [7, 11) is 1.58. The fourth-order valence-corrected chi connectivity index (χ4v) is 1.68. The first-order valence-corrected chi connectivity index (χ1v) is 5.97. The Labute approximate surface area is 103 Å². The highest BCUT2D eigenvalue weighted by Crippen LogP contribution is 2.28. The molecule has 0 heterocycles. The molecule has 0 N–H and O–H groups in total. The number of hydrogen-bond donors (Lipinski definition) is 0. The van der Waals surface area contributed by atoms with Crippen LogP contribution in [0.4, 0.5) is 0 Å². The maximum absolute atomic E-state index is 10.6. The van der Waals surface area contributed by atoms with Gasteiger partial charge in [0, 0.05) is 5.56 Å². The van der Waals surface area contributed by atoms with Crippen molar-refractivity contribution in [1.29, 1.82) is 0 Å². The third-order valence-electron chi connectivity index (χ3n) is 2.63. The zero-order valence-corrected chi connectivity index (χ0v) is 10.7. The highest BCUT2D eigenvalue weighted by Gasteiger charge is 2.07. The quantitative estimate of drug-likeness (QED) is 0.681. The minimum atomic E-state index is 0.524. The molecule has 3 nitrogen and oxygen atoms in total. The van der Waals surface area contributed by atoms with Gasteiger partial charge in [-0.25, -0.2) is 0 Å². The number of aldehydes is 1. The van der Waals surface area contributed by atoms with Crippen LogP contribution in [-0.2, 0) is 0 Å². The van der Waals surface area contributed by atoms with Crippen molar-refractivity contribution in [2.24, 2.45) is 5.92 Å². The first-order valence-electron chi connectivity index (χ1n) is 5.97. The van der Waals surface area contributed by atoms with Crippen LogP contribution >= 0.6 is 0 Å². The molecule has 0 fully saturated rings.